The van der Waals surface area contributed by atoms with Crippen LogP contribution in [0.2, 0.25) is 0 Å². The fourth-order valence-corrected chi connectivity index (χ4v) is 2.96. The summed E-state index contributed by atoms with van der Waals surface area (Å²) in [5, 5.41) is 0. The Labute approximate surface area is 116 Å². The molecule has 18 heavy (non-hydrogen) atoms. The lowest BCUT2D eigenvalue weighted by Gasteiger charge is -2.40. The fourth-order valence-electron chi connectivity index (χ4n) is 2.96. The van der Waals surface area contributed by atoms with Gasteiger partial charge < -0.3 is 15.4 Å². The van der Waals surface area contributed by atoms with Crippen molar-refractivity contribution in [2.24, 2.45) is 11.7 Å². The third-order valence-corrected chi connectivity index (χ3v) is 4.01. The van der Waals surface area contributed by atoms with Crippen molar-refractivity contribution in [3.63, 3.8) is 0 Å². The van der Waals surface area contributed by atoms with Crippen molar-refractivity contribution >= 4 is 18.3 Å². The van der Waals surface area contributed by atoms with Gasteiger partial charge in [0, 0.05) is 37.8 Å². The molecule has 4 nitrogen and oxygen atoms in total. The zero-order chi connectivity index (χ0) is 12.3. The SMILES string of the molecule is CC(N)C1CCCCN1C(=O)C1CCOCC1.Cl. The second-order valence-electron chi connectivity index (χ2n) is 5.34. The number of carbonyl (C=O) groups is 1. The van der Waals surface area contributed by atoms with E-state index in [1.54, 1.807) is 0 Å². The van der Waals surface area contributed by atoms with Crippen LogP contribution in [0.1, 0.15) is 39.0 Å². The maximum Gasteiger partial charge on any atom is 0.226 e. The molecular formula is C13H25ClN2O2. The molecule has 0 aromatic heterocycles. The first-order chi connectivity index (χ1) is 8.20. The highest BCUT2D eigenvalue weighted by Gasteiger charge is 2.33. The van der Waals surface area contributed by atoms with E-state index < -0.39 is 0 Å². The third kappa shape index (κ3) is 3.59. The average Bonchev–Trinajstić information content (AvgIpc) is 2.39. The van der Waals surface area contributed by atoms with Gasteiger partial charge in [-0.15, -0.1) is 12.4 Å². The Kier molecular flexibility index (Phi) is 6.39. The minimum Gasteiger partial charge on any atom is -0.381 e. The summed E-state index contributed by atoms with van der Waals surface area (Å²) >= 11 is 0. The van der Waals surface area contributed by atoms with Gasteiger partial charge in [0.15, 0.2) is 0 Å². The van der Waals surface area contributed by atoms with E-state index in [9.17, 15) is 4.79 Å². The Bertz CT molecular complexity index is 268. The molecule has 2 unspecified atom stereocenters. The molecule has 2 fully saturated rings. The van der Waals surface area contributed by atoms with E-state index in [2.05, 4.69) is 0 Å². The van der Waals surface area contributed by atoms with E-state index in [1.165, 1.54) is 6.42 Å². The van der Waals surface area contributed by atoms with Crippen molar-refractivity contribution in [3.8, 4) is 0 Å². The van der Waals surface area contributed by atoms with Gasteiger partial charge in [-0.3, -0.25) is 4.79 Å². The number of likely N-dealkylation sites (tertiary alicyclic amines) is 1. The Hall–Kier alpha value is -0.320. The average molecular weight is 277 g/mol. The van der Waals surface area contributed by atoms with Crippen LogP contribution in [-0.4, -0.2) is 42.6 Å². The largest absolute Gasteiger partial charge is 0.381 e. The van der Waals surface area contributed by atoms with Gasteiger partial charge in [-0.1, -0.05) is 0 Å². The molecule has 2 saturated heterocycles. The molecular weight excluding hydrogens is 252 g/mol. The van der Waals surface area contributed by atoms with E-state index in [0.29, 0.717) is 5.91 Å². The van der Waals surface area contributed by atoms with Crippen LogP contribution in [0, 0.1) is 5.92 Å². The number of nitrogens with zero attached hydrogens (tertiary/aromatic N) is 1. The number of rotatable bonds is 2. The number of halogens is 1. The van der Waals surface area contributed by atoms with Crippen molar-refractivity contribution in [2.45, 2.75) is 51.1 Å². The number of carbonyl (C=O) groups excluding carboxylic acids is 1. The van der Waals surface area contributed by atoms with Crippen LogP contribution in [-0.2, 0) is 9.53 Å². The standard InChI is InChI=1S/C13H24N2O2.ClH/c1-10(14)12-4-2-3-7-15(12)13(16)11-5-8-17-9-6-11;/h10-12H,2-9,14H2,1H3;1H. The number of nitrogens with two attached hydrogens (primary N) is 1. The van der Waals surface area contributed by atoms with E-state index in [1.807, 2.05) is 11.8 Å². The van der Waals surface area contributed by atoms with Gasteiger partial charge in [0.25, 0.3) is 0 Å². The van der Waals surface area contributed by atoms with Crippen LogP contribution in [0.4, 0.5) is 0 Å². The Balaban J connectivity index is 0.00000162. The fraction of sp³-hybridized carbons (Fsp3) is 0.923. The zero-order valence-electron chi connectivity index (χ0n) is 11.1. The monoisotopic (exact) mass is 276 g/mol. The number of hydrogen-bond donors (Lipinski definition) is 1. The molecule has 0 saturated carbocycles. The molecule has 0 aromatic carbocycles. The van der Waals surface area contributed by atoms with Crippen molar-refractivity contribution in [1.29, 1.82) is 0 Å². The smallest absolute Gasteiger partial charge is 0.226 e. The van der Waals surface area contributed by atoms with Crippen LogP contribution in [0.3, 0.4) is 0 Å². The van der Waals surface area contributed by atoms with E-state index in [-0.39, 0.29) is 30.4 Å². The molecule has 0 radical (unpaired) electrons. The molecule has 2 rings (SSSR count). The molecule has 0 aromatic rings. The summed E-state index contributed by atoms with van der Waals surface area (Å²) in [6.07, 6.45) is 5.14. The first-order valence-electron chi connectivity index (χ1n) is 6.84. The van der Waals surface area contributed by atoms with Gasteiger partial charge in [-0.2, -0.15) is 0 Å². The zero-order valence-corrected chi connectivity index (χ0v) is 12.0. The van der Waals surface area contributed by atoms with E-state index in [0.717, 1.165) is 45.4 Å². The Morgan fingerprint density at radius 3 is 2.56 bits per heavy atom. The number of ether oxygens (including phenoxy) is 1. The first kappa shape index (κ1) is 15.7. The lowest BCUT2D eigenvalue weighted by Crippen LogP contribution is -2.53. The molecule has 106 valence electrons. The second kappa shape index (κ2) is 7.31. The predicted octanol–water partition coefficient (Wildman–Crippen LogP) is 1.56. The topological polar surface area (TPSA) is 55.6 Å². The van der Waals surface area contributed by atoms with Crippen LogP contribution in [0.25, 0.3) is 0 Å². The molecule has 5 heteroatoms. The van der Waals surface area contributed by atoms with Crippen molar-refractivity contribution in [2.75, 3.05) is 19.8 Å². The molecule has 0 bridgehead atoms. The van der Waals surface area contributed by atoms with Crippen LogP contribution < -0.4 is 5.73 Å². The van der Waals surface area contributed by atoms with Crippen molar-refractivity contribution in [3.05, 3.63) is 0 Å². The molecule has 2 aliphatic rings. The van der Waals surface area contributed by atoms with Crippen LogP contribution in [0.5, 0.6) is 0 Å². The lowest BCUT2D eigenvalue weighted by atomic mass is 9.92. The van der Waals surface area contributed by atoms with Crippen LogP contribution in [0.15, 0.2) is 0 Å². The minimum atomic E-state index is 0. The van der Waals surface area contributed by atoms with Gasteiger partial charge >= 0.3 is 0 Å². The highest BCUT2D eigenvalue weighted by Crippen LogP contribution is 2.24. The molecule has 2 heterocycles. The first-order valence-corrected chi connectivity index (χ1v) is 6.84. The molecule has 2 atom stereocenters. The minimum absolute atomic E-state index is 0. The summed E-state index contributed by atoms with van der Waals surface area (Å²) < 4.78 is 5.32. The van der Waals surface area contributed by atoms with Crippen molar-refractivity contribution < 1.29 is 9.53 Å². The molecule has 2 N–H and O–H groups in total. The van der Waals surface area contributed by atoms with Gasteiger partial charge in [-0.25, -0.2) is 0 Å². The summed E-state index contributed by atoms with van der Waals surface area (Å²) in [5.41, 5.74) is 6.01. The molecule has 0 spiro atoms. The lowest BCUT2D eigenvalue weighted by molar-refractivity contribution is -0.142. The predicted molar refractivity (Wildman–Crippen MR) is 73.8 cm³/mol. The number of amides is 1. The van der Waals surface area contributed by atoms with Gasteiger partial charge in [0.1, 0.15) is 0 Å². The number of piperidine rings is 1. The summed E-state index contributed by atoms with van der Waals surface area (Å²) in [5.74, 6) is 0.485. The molecule has 1 amide bonds. The third-order valence-electron chi connectivity index (χ3n) is 4.01. The summed E-state index contributed by atoms with van der Waals surface area (Å²) in [6.45, 7) is 4.36. The van der Waals surface area contributed by atoms with Gasteiger partial charge in [0.05, 0.1) is 0 Å². The maximum absolute atomic E-state index is 12.5. The van der Waals surface area contributed by atoms with Crippen molar-refractivity contribution in [1.82, 2.24) is 4.90 Å². The van der Waals surface area contributed by atoms with E-state index in [4.69, 9.17) is 10.5 Å². The normalized spacial score (nSPS) is 27.4. The summed E-state index contributed by atoms with van der Waals surface area (Å²) in [7, 11) is 0. The molecule has 2 aliphatic heterocycles. The molecule has 0 aliphatic carbocycles. The maximum atomic E-state index is 12.5. The van der Waals surface area contributed by atoms with Crippen LogP contribution >= 0.6 is 12.4 Å². The highest BCUT2D eigenvalue weighted by molar-refractivity contribution is 5.85. The highest BCUT2D eigenvalue weighted by atomic mass is 35.5. The van der Waals surface area contributed by atoms with E-state index >= 15 is 0 Å². The van der Waals surface area contributed by atoms with Gasteiger partial charge in [-0.05, 0) is 39.0 Å². The summed E-state index contributed by atoms with van der Waals surface area (Å²) in [4.78, 5) is 14.5. The van der Waals surface area contributed by atoms with Gasteiger partial charge in [0.2, 0.25) is 5.91 Å². The number of hydrogen-bond acceptors (Lipinski definition) is 3. The second-order valence-corrected chi connectivity index (χ2v) is 5.34. The quantitative estimate of drug-likeness (QED) is 0.833. The Morgan fingerprint density at radius 2 is 1.94 bits per heavy atom. The Morgan fingerprint density at radius 1 is 1.28 bits per heavy atom. The summed E-state index contributed by atoms with van der Waals surface area (Å²) in [6, 6.07) is 0.332.